The minimum atomic E-state index is -0.793. The molecule has 7 nitrogen and oxygen atoms in total. The lowest BCUT2D eigenvalue weighted by atomic mass is 10.1. The average Bonchev–Trinajstić information content (AvgIpc) is 2.76. The number of carbonyl (C=O) groups is 2. The van der Waals surface area contributed by atoms with Crippen molar-refractivity contribution in [3.63, 3.8) is 0 Å². The molecule has 21 heavy (non-hydrogen) atoms. The van der Waals surface area contributed by atoms with Crippen LogP contribution in [0.4, 0.5) is 4.79 Å². The minimum absolute atomic E-state index is 0.180. The SMILES string of the molecule is CN1C(=O)N(Cc2nnc3n2CCCCC3)C(=O)C1(C)C. The first-order chi connectivity index (χ1) is 9.93. The molecule has 7 heteroatoms. The third-order valence-corrected chi connectivity index (χ3v) is 4.61. The number of carbonyl (C=O) groups excluding carboxylic acids is 2. The summed E-state index contributed by atoms with van der Waals surface area (Å²) in [6.07, 6.45) is 4.31. The number of nitrogens with zero attached hydrogens (tertiary/aromatic N) is 5. The van der Waals surface area contributed by atoms with Crippen LogP contribution in [0.2, 0.25) is 0 Å². The van der Waals surface area contributed by atoms with E-state index >= 15 is 0 Å². The van der Waals surface area contributed by atoms with Crippen LogP contribution >= 0.6 is 0 Å². The van der Waals surface area contributed by atoms with Gasteiger partial charge >= 0.3 is 6.03 Å². The van der Waals surface area contributed by atoms with Crippen LogP contribution in [-0.4, -0.2) is 49.1 Å². The molecule has 0 unspecified atom stereocenters. The molecular weight excluding hydrogens is 270 g/mol. The minimum Gasteiger partial charge on any atom is -0.313 e. The highest BCUT2D eigenvalue weighted by Crippen LogP contribution is 2.27. The van der Waals surface area contributed by atoms with Gasteiger partial charge in [0.05, 0.1) is 6.54 Å². The van der Waals surface area contributed by atoms with Crippen molar-refractivity contribution in [1.29, 1.82) is 0 Å². The highest BCUT2D eigenvalue weighted by atomic mass is 16.2. The van der Waals surface area contributed by atoms with Crippen molar-refractivity contribution in [2.45, 2.75) is 58.2 Å². The molecule has 114 valence electrons. The lowest BCUT2D eigenvalue weighted by Gasteiger charge is -2.22. The van der Waals surface area contributed by atoms with Crippen molar-refractivity contribution in [3.05, 3.63) is 11.6 Å². The molecule has 0 radical (unpaired) electrons. The molecule has 2 aliphatic rings. The van der Waals surface area contributed by atoms with Gasteiger partial charge in [0.2, 0.25) is 0 Å². The maximum Gasteiger partial charge on any atom is 0.327 e. The highest BCUT2D eigenvalue weighted by molar-refractivity contribution is 6.06. The molecule has 3 amide bonds. The number of imide groups is 1. The number of fused-ring (bicyclic) bond motifs is 1. The van der Waals surface area contributed by atoms with Crippen LogP contribution in [0.1, 0.15) is 44.8 Å². The Labute approximate surface area is 123 Å². The third-order valence-electron chi connectivity index (χ3n) is 4.61. The second-order valence-electron chi connectivity index (χ2n) is 6.29. The van der Waals surface area contributed by atoms with Gasteiger partial charge in [-0.2, -0.15) is 0 Å². The van der Waals surface area contributed by atoms with Crippen molar-refractivity contribution in [2.75, 3.05) is 7.05 Å². The second kappa shape index (κ2) is 4.82. The Morgan fingerprint density at radius 3 is 2.57 bits per heavy atom. The molecular formula is C14H21N5O2. The maximum atomic E-state index is 12.4. The summed E-state index contributed by atoms with van der Waals surface area (Å²) in [5.74, 6) is 1.50. The summed E-state index contributed by atoms with van der Waals surface area (Å²) < 4.78 is 2.07. The number of hydrogen-bond acceptors (Lipinski definition) is 4. The molecule has 3 heterocycles. The smallest absolute Gasteiger partial charge is 0.313 e. The van der Waals surface area contributed by atoms with E-state index in [0.29, 0.717) is 5.82 Å². The maximum absolute atomic E-state index is 12.4. The molecule has 0 saturated carbocycles. The van der Waals surface area contributed by atoms with E-state index in [9.17, 15) is 9.59 Å². The summed E-state index contributed by atoms with van der Waals surface area (Å²) in [6.45, 7) is 4.60. The van der Waals surface area contributed by atoms with E-state index in [1.807, 2.05) is 0 Å². The van der Waals surface area contributed by atoms with Crippen LogP contribution in [0, 0.1) is 0 Å². The monoisotopic (exact) mass is 291 g/mol. The van der Waals surface area contributed by atoms with E-state index in [2.05, 4.69) is 14.8 Å². The summed E-state index contributed by atoms with van der Waals surface area (Å²) >= 11 is 0. The van der Waals surface area contributed by atoms with E-state index in [0.717, 1.165) is 31.6 Å². The second-order valence-corrected chi connectivity index (χ2v) is 6.29. The van der Waals surface area contributed by atoms with Crippen molar-refractivity contribution >= 4 is 11.9 Å². The molecule has 0 N–H and O–H groups in total. The number of likely N-dealkylation sites (N-methyl/N-ethyl adjacent to an activating group) is 1. The highest BCUT2D eigenvalue weighted by Gasteiger charge is 2.49. The van der Waals surface area contributed by atoms with Crippen LogP contribution in [0.25, 0.3) is 0 Å². The lowest BCUT2D eigenvalue weighted by molar-refractivity contribution is -0.132. The zero-order chi connectivity index (χ0) is 15.2. The Bertz CT molecular complexity index is 592. The molecule has 0 atom stereocenters. The van der Waals surface area contributed by atoms with Gasteiger partial charge in [-0.15, -0.1) is 10.2 Å². The molecule has 1 aromatic rings. The standard InChI is InChI=1S/C14H21N5O2/c1-14(2)12(20)19(13(21)17(14)3)9-11-16-15-10-7-5-4-6-8-18(10)11/h4-9H2,1-3H3. The molecule has 0 spiro atoms. The summed E-state index contributed by atoms with van der Waals surface area (Å²) in [7, 11) is 1.66. The molecule has 0 aromatic carbocycles. The summed E-state index contributed by atoms with van der Waals surface area (Å²) in [5, 5.41) is 8.41. The molecule has 0 bridgehead atoms. The van der Waals surface area contributed by atoms with Crippen LogP contribution < -0.4 is 0 Å². The zero-order valence-corrected chi connectivity index (χ0v) is 12.8. The van der Waals surface area contributed by atoms with Gasteiger partial charge in [-0.1, -0.05) is 6.42 Å². The van der Waals surface area contributed by atoms with Gasteiger partial charge in [-0.3, -0.25) is 9.69 Å². The normalized spacial score (nSPS) is 21.7. The number of urea groups is 1. The fourth-order valence-corrected chi connectivity index (χ4v) is 2.92. The van der Waals surface area contributed by atoms with Gasteiger partial charge in [0, 0.05) is 20.0 Å². The van der Waals surface area contributed by atoms with Crippen LogP contribution in [0.3, 0.4) is 0 Å². The Morgan fingerprint density at radius 2 is 1.90 bits per heavy atom. The first-order valence-electron chi connectivity index (χ1n) is 7.43. The summed E-state index contributed by atoms with van der Waals surface area (Å²) in [4.78, 5) is 27.4. The Kier molecular flexibility index (Phi) is 3.22. The van der Waals surface area contributed by atoms with E-state index < -0.39 is 5.54 Å². The van der Waals surface area contributed by atoms with Gasteiger partial charge in [0.25, 0.3) is 5.91 Å². The first kappa shape index (κ1) is 14.0. The summed E-state index contributed by atoms with van der Waals surface area (Å²) in [6, 6.07) is -0.268. The third kappa shape index (κ3) is 2.11. The quantitative estimate of drug-likeness (QED) is 0.767. The predicted molar refractivity (Wildman–Crippen MR) is 75.4 cm³/mol. The number of amides is 3. The van der Waals surface area contributed by atoms with Gasteiger partial charge < -0.3 is 9.47 Å². The van der Waals surface area contributed by atoms with Crippen LogP contribution in [0.15, 0.2) is 0 Å². The largest absolute Gasteiger partial charge is 0.327 e. The van der Waals surface area contributed by atoms with Gasteiger partial charge in [0.15, 0.2) is 5.82 Å². The lowest BCUT2D eigenvalue weighted by Crippen LogP contribution is -2.41. The first-order valence-corrected chi connectivity index (χ1v) is 7.43. The molecule has 1 aromatic heterocycles. The van der Waals surface area contributed by atoms with E-state index in [1.165, 1.54) is 16.2 Å². The number of aromatic nitrogens is 3. The molecule has 1 saturated heterocycles. The van der Waals surface area contributed by atoms with Crippen molar-refractivity contribution in [2.24, 2.45) is 0 Å². The Balaban J connectivity index is 1.86. The molecule has 3 rings (SSSR count). The van der Waals surface area contributed by atoms with Gasteiger partial charge in [-0.25, -0.2) is 4.79 Å². The van der Waals surface area contributed by atoms with Crippen LogP contribution in [-0.2, 0) is 24.3 Å². The number of hydrogen-bond donors (Lipinski definition) is 0. The molecule has 1 fully saturated rings. The average molecular weight is 291 g/mol. The predicted octanol–water partition coefficient (Wildman–Crippen LogP) is 1.18. The zero-order valence-electron chi connectivity index (χ0n) is 12.8. The van der Waals surface area contributed by atoms with Gasteiger partial charge in [-0.05, 0) is 26.7 Å². The van der Waals surface area contributed by atoms with Crippen molar-refractivity contribution in [1.82, 2.24) is 24.6 Å². The number of aryl methyl sites for hydroxylation is 1. The van der Waals surface area contributed by atoms with E-state index in [1.54, 1.807) is 20.9 Å². The topological polar surface area (TPSA) is 71.3 Å². The Hall–Kier alpha value is -1.92. The Morgan fingerprint density at radius 1 is 1.14 bits per heavy atom. The molecule has 2 aliphatic heterocycles. The van der Waals surface area contributed by atoms with Crippen molar-refractivity contribution in [3.8, 4) is 0 Å². The van der Waals surface area contributed by atoms with E-state index in [-0.39, 0.29) is 18.5 Å². The summed E-state index contributed by atoms with van der Waals surface area (Å²) in [5.41, 5.74) is -0.793. The molecule has 0 aliphatic carbocycles. The van der Waals surface area contributed by atoms with Crippen molar-refractivity contribution < 1.29 is 9.59 Å². The fourth-order valence-electron chi connectivity index (χ4n) is 2.92. The van der Waals surface area contributed by atoms with E-state index in [4.69, 9.17) is 0 Å². The number of rotatable bonds is 2. The van der Waals surface area contributed by atoms with Gasteiger partial charge in [0.1, 0.15) is 11.4 Å². The fraction of sp³-hybridized carbons (Fsp3) is 0.714. The van der Waals surface area contributed by atoms with Crippen LogP contribution in [0.5, 0.6) is 0 Å².